The minimum absolute atomic E-state index is 0.0907. The zero-order chi connectivity index (χ0) is 15.5. The first kappa shape index (κ1) is 16.3. The lowest BCUT2D eigenvalue weighted by atomic mass is 9.86. The summed E-state index contributed by atoms with van der Waals surface area (Å²) in [6, 6.07) is 4.43. The van der Waals surface area contributed by atoms with Gasteiger partial charge in [0.05, 0.1) is 5.56 Å². The van der Waals surface area contributed by atoms with Gasteiger partial charge in [0.1, 0.15) is 0 Å². The highest BCUT2D eigenvalue weighted by Crippen LogP contribution is 2.29. The molecular weight excluding hydrogens is 347 g/mol. The Bertz CT molecular complexity index is 487. The molecule has 1 amide bonds. The van der Waals surface area contributed by atoms with Crippen LogP contribution in [0.2, 0.25) is 0 Å². The van der Waals surface area contributed by atoms with Crippen LogP contribution in [0, 0.1) is 5.92 Å². The molecule has 2 atom stereocenters. The van der Waals surface area contributed by atoms with Gasteiger partial charge in [-0.2, -0.15) is 13.2 Å². The van der Waals surface area contributed by atoms with Gasteiger partial charge in [-0.1, -0.05) is 28.8 Å². The first-order valence-corrected chi connectivity index (χ1v) is 8.08. The van der Waals surface area contributed by atoms with Crippen LogP contribution < -0.4 is 5.32 Å². The average Bonchev–Trinajstić information content (AvgIpc) is 2.47. The van der Waals surface area contributed by atoms with Crippen LogP contribution in [0.3, 0.4) is 0 Å². The number of rotatable bonds is 3. The normalized spacial score (nSPS) is 22.9. The molecule has 1 aliphatic carbocycles. The Morgan fingerprint density at radius 2 is 1.81 bits per heavy atom. The van der Waals surface area contributed by atoms with Gasteiger partial charge in [-0.25, -0.2) is 0 Å². The van der Waals surface area contributed by atoms with E-state index in [4.69, 9.17) is 0 Å². The summed E-state index contributed by atoms with van der Waals surface area (Å²) in [5.41, 5.74) is -0.475. The number of benzene rings is 1. The summed E-state index contributed by atoms with van der Waals surface area (Å²) in [4.78, 5) is 12.1. The third-order valence-electron chi connectivity index (χ3n) is 3.90. The topological polar surface area (TPSA) is 29.1 Å². The molecule has 1 fully saturated rings. The van der Waals surface area contributed by atoms with Crippen LogP contribution in [0.4, 0.5) is 13.2 Å². The maximum atomic E-state index is 12.5. The van der Waals surface area contributed by atoms with Crippen molar-refractivity contribution in [3.63, 3.8) is 0 Å². The van der Waals surface area contributed by atoms with Crippen molar-refractivity contribution in [2.24, 2.45) is 5.92 Å². The fraction of sp³-hybridized carbons (Fsp3) is 0.533. The van der Waals surface area contributed by atoms with Gasteiger partial charge in [0.15, 0.2) is 0 Å². The number of nitrogens with one attached hydrogen (secondary N) is 1. The van der Waals surface area contributed by atoms with Crippen molar-refractivity contribution in [1.82, 2.24) is 5.32 Å². The summed E-state index contributed by atoms with van der Waals surface area (Å²) < 4.78 is 37.5. The quantitative estimate of drug-likeness (QED) is 0.792. The van der Waals surface area contributed by atoms with Crippen LogP contribution >= 0.6 is 15.9 Å². The van der Waals surface area contributed by atoms with E-state index in [2.05, 4.69) is 21.2 Å². The molecule has 0 spiro atoms. The summed E-state index contributed by atoms with van der Waals surface area (Å²) in [6.07, 6.45) is -0.171. The van der Waals surface area contributed by atoms with E-state index >= 15 is 0 Å². The molecule has 21 heavy (non-hydrogen) atoms. The molecule has 116 valence electrons. The standard InChI is InChI=1S/C15H17BrF3NO/c16-9-11-3-1-2-4-13(11)20-14(21)10-5-7-12(8-6-10)15(17,18)19/h5-8,11,13H,1-4,9H2,(H,20,21). The van der Waals surface area contributed by atoms with E-state index in [1.54, 1.807) is 0 Å². The number of carbonyl (C=O) groups excluding carboxylic acids is 1. The van der Waals surface area contributed by atoms with Crippen molar-refractivity contribution >= 4 is 21.8 Å². The maximum absolute atomic E-state index is 12.5. The molecule has 1 saturated carbocycles. The van der Waals surface area contributed by atoms with Crippen molar-refractivity contribution in [3.8, 4) is 0 Å². The summed E-state index contributed by atoms with van der Waals surface area (Å²) in [6.45, 7) is 0. The largest absolute Gasteiger partial charge is 0.416 e. The van der Waals surface area contributed by atoms with E-state index in [-0.39, 0.29) is 17.5 Å². The molecule has 0 saturated heterocycles. The van der Waals surface area contributed by atoms with Crippen LogP contribution in [0.15, 0.2) is 24.3 Å². The number of halogens is 4. The minimum atomic E-state index is -4.38. The number of amides is 1. The molecule has 1 N–H and O–H groups in total. The fourth-order valence-electron chi connectivity index (χ4n) is 2.64. The molecular formula is C15H17BrF3NO. The number of hydrogen-bond acceptors (Lipinski definition) is 1. The van der Waals surface area contributed by atoms with E-state index in [1.807, 2.05) is 0 Å². The van der Waals surface area contributed by atoms with Gasteiger partial charge in [0, 0.05) is 16.9 Å². The number of carbonyl (C=O) groups is 1. The molecule has 1 aromatic rings. The molecule has 2 rings (SSSR count). The van der Waals surface area contributed by atoms with Crippen LogP contribution in [-0.2, 0) is 6.18 Å². The second-order valence-corrected chi connectivity index (χ2v) is 6.00. The molecule has 6 heteroatoms. The van der Waals surface area contributed by atoms with Crippen molar-refractivity contribution in [2.75, 3.05) is 5.33 Å². The summed E-state index contributed by atoms with van der Waals surface area (Å²) in [5, 5.41) is 3.77. The van der Waals surface area contributed by atoms with E-state index in [0.29, 0.717) is 5.92 Å². The second kappa shape index (κ2) is 6.81. The Kier molecular flexibility index (Phi) is 5.30. The van der Waals surface area contributed by atoms with Gasteiger partial charge in [-0.15, -0.1) is 0 Å². The summed E-state index contributed by atoms with van der Waals surface area (Å²) in [5.74, 6) is 0.0822. The summed E-state index contributed by atoms with van der Waals surface area (Å²) in [7, 11) is 0. The first-order chi connectivity index (χ1) is 9.91. The predicted molar refractivity (Wildman–Crippen MR) is 78.5 cm³/mol. The van der Waals surface area contributed by atoms with E-state index in [9.17, 15) is 18.0 Å². The van der Waals surface area contributed by atoms with Crippen molar-refractivity contribution in [1.29, 1.82) is 0 Å². The van der Waals surface area contributed by atoms with Crippen molar-refractivity contribution in [3.05, 3.63) is 35.4 Å². The SMILES string of the molecule is O=C(NC1CCCCC1CBr)c1ccc(C(F)(F)F)cc1. The lowest BCUT2D eigenvalue weighted by molar-refractivity contribution is -0.137. The van der Waals surface area contributed by atoms with Crippen LogP contribution in [0.5, 0.6) is 0 Å². The molecule has 0 heterocycles. The molecule has 0 aliphatic heterocycles. The fourth-order valence-corrected chi connectivity index (χ4v) is 3.42. The highest BCUT2D eigenvalue weighted by Gasteiger charge is 2.30. The smallest absolute Gasteiger partial charge is 0.349 e. The van der Waals surface area contributed by atoms with Crippen LogP contribution in [0.25, 0.3) is 0 Å². The Labute approximate surface area is 130 Å². The molecule has 0 bridgehead atoms. The number of alkyl halides is 4. The lowest BCUT2D eigenvalue weighted by Crippen LogP contribution is -2.42. The third-order valence-corrected chi connectivity index (χ3v) is 4.73. The van der Waals surface area contributed by atoms with Gasteiger partial charge < -0.3 is 5.32 Å². The van der Waals surface area contributed by atoms with E-state index in [0.717, 1.165) is 43.1 Å². The maximum Gasteiger partial charge on any atom is 0.416 e. The van der Waals surface area contributed by atoms with E-state index in [1.165, 1.54) is 12.1 Å². The summed E-state index contributed by atoms with van der Waals surface area (Å²) >= 11 is 3.45. The average molecular weight is 364 g/mol. The lowest BCUT2D eigenvalue weighted by Gasteiger charge is -2.31. The molecule has 0 radical (unpaired) electrons. The number of hydrogen-bond donors (Lipinski definition) is 1. The van der Waals surface area contributed by atoms with Gasteiger partial charge in [0.2, 0.25) is 0 Å². The second-order valence-electron chi connectivity index (χ2n) is 5.35. The van der Waals surface area contributed by atoms with Crippen LogP contribution in [0.1, 0.15) is 41.6 Å². The first-order valence-electron chi connectivity index (χ1n) is 6.96. The van der Waals surface area contributed by atoms with Crippen molar-refractivity contribution in [2.45, 2.75) is 37.9 Å². The predicted octanol–water partition coefficient (Wildman–Crippen LogP) is 4.39. The van der Waals surface area contributed by atoms with Gasteiger partial charge >= 0.3 is 6.18 Å². The molecule has 1 aromatic carbocycles. The molecule has 2 unspecified atom stereocenters. The Balaban J connectivity index is 2.03. The monoisotopic (exact) mass is 363 g/mol. The van der Waals surface area contributed by atoms with Gasteiger partial charge in [-0.05, 0) is 43.0 Å². The highest BCUT2D eigenvalue weighted by molar-refractivity contribution is 9.09. The Hall–Kier alpha value is -1.04. The molecule has 2 nitrogen and oxygen atoms in total. The van der Waals surface area contributed by atoms with Gasteiger partial charge in [0.25, 0.3) is 5.91 Å². The van der Waals surface area contributed by atoms with Crippen LogP contribution in [-0.4, -0.2) is 17.3 Å². The minimum Gasteiger partial charge on any atom is -0.349 e. The van der Waals surface area contributed by atoms with E-state index < -0.39 is 11.7 Å². The zero-order valence-corrected chi connectivity index (χ0v) is 13.0. The zero-order valence-electron chi connectivity index (χ0n) is 11.4. The third kappa shape index (κ3) is 4.22. The Morgan fingerprint density at radius 3 is 2.38 bits per heavy atom. The van der Waals surface area contributed by atoms with Gasteiger partial charge in [-0.3, -0.25) is 4.79 Å². The highest BCUT2D eigenvalue weighted by atomic mass is 79.9. The Morgan fingerprint density at radius 1 is 1.19 bits per heavy atom. The van der Waals surface area contributed by atoms with Crippen molar-refractivity contribution < 1.29 is 18.0 Å². The molecule has 0 aromatic heterocycles. The molecule has 1 aliphatic rings.